The van der Waals surface area contributed by atoms with Crippen molar-refractivity contribution in [3.05, 3.63) is 23.5 Å². The second kappa shape index (κ2) is 4.17. The number of rotatable bonds is 1. The summed E-state index contributed by atoms with van der Waals surface area (Å²) in [5.74, 6) is -0.942. The van der Waals surface area contributed by atoms with E-state index in [1.165, 1.54) is 0 Å². The van der Waals surface area contributed by atoms with Gasteiger partial charge in [0, 0.05) is 12.1 Å². The van der Waals surface area contributed by atoms with Crippen LogP contribution in [0, 0.1) is 0 Å². The molecule has 3 atom stereocenters. The maximum atomic E-state index is 10.9. The summed E-state index contributed by atoms with van der Waals surface area (Å²) in [5.41, 5.74) is 1.48. The summed E-state index contributed by atoms with van der Waals surface area (Å²) in [6.07, 6.45) is -0.757. The molecule has 0 unspecified atom stereocenters. The largest absolute Gasteiger partial charge is 0.390 e. The van der Waals surface area contributed by atoms with Crippen LogP contribution in [0.15, 0.2) is 12.1 Å². The SMILES string of the molecule is O=Cc1ccc2n1C[C@]1(C[C@@H](O)[C@H](O)CO1)OC2. The lowest BCUT2D eigenvalue weighted by Crippen LogP contribution is -2.54. The number of nitrogens with zero attached hydrogens (tertiary/aromatic N) is 1. The summed E-state index contributed by atoms with van der Waals surface area (Å²) in [5, 5.41) is 19.2. The normalized spacial score (nSPS) is 35.4. The van der Waals surface area contributed by atoms with Gasteiger partial charge >= 0.3 is 0 Å². The number of ether oxygens (including phenoxy) is 2. The van der Waals surface area contributed by atoms with E-state index >= 15 is 0 Å². The standard InChI is InChI=1S/C12H15NO5/c14-4-8-1-2-9-5-17-12(7-13(8)9)3-10(15)11(16)6-18-12/h1-2,4,10-11,15-16H,3,5-7H2/t10-,11-,12-/m1/s1. The number of aldehydes is 1. The number of carbonyl (C=O) groups is 1. The fourth-order valence-corrected chi connectivity index (χ4v) is 2.51. The van der Waals surface area contributed by atoms with Crippen molar-refractivity contribution in [3.8, 4) is 0 Å². The smallest absolute Gasteiger partial charge is 0.189 e. The van der Waals surface area contributed by atoms with Crippen LogP contribution in [0.2, 0.25) is 0 Å². The van der Waals surface area contributed by atoms with Crippen LogP contribution in [0.3, 0.4) is 0 Å². The number of hydrogen-bond donors (Lipinski definition) is 2. The molecule has 1 fully saturated rings. The molecule has 1 aromatic heterocycles. The van der Waals surface area contributed by atoms with E-state index in [0.717, 1.165) is 12.0 Å². The van der Waals surface area contributed by atoms with Crippen LogP contribution in [0.5, 0.6) is 0 Å². The van der Waals surface area contributed by atoms with Crippen molar-refractivity contribution < 1.29 is 24.5 Å². The number of fused-ring (bicyclic) bond motifs is 1. The lowest BCUT2D eigenvalue weighted by atomic mass is 9.99. The molecule has 2 N–H and O–H groups in total. The Labute approximate surface area is 104 Å². The molecule has 2 aliphatic heterocycles. The average molecular weight is 253 g/mol. The van der Waals surface area contributed by atoms with Gasteiger partial charge < -0.3 is 24.3 Å². The molecule has 1 aromatic rings. The quantitative estimate of drug-likeness (QED) is 0.670. The topological polar surface area (TPSA) is 80.9 Å². The van der Waals surface area contributed by atoms with E-state index in [2.05, 4.69) is 0 Å². The van der Waals surface area contributed by atoms with Crippen LogP contribution in [0.1, 0.15) is 22.6 Å². The van der Waals surface area contributed by atoms with Crippen LogP contribution in [-0.2, 0) is 22.6 Å². The predicted octanol–water partition coefficient (Wildman–Crippen LogP) is -0.331. The number of aromatic nitrogens is 1. The molecular formula is C12H15NO5. The molecule has 1 saturated heterocycles. The molecule has 2 aliphatic rings. The monoisotopic (exact) mass is 253 g/mol. The zero-order valence-electron chi connectivity index (χ0n) is 9.78. The summed E-state index contributed by atoms with van der Waals surface area (Å²) in [4.78, 5) is 10.9. The minimum Gasteiger partial charge on any atom is -0.390 e. The number of aliphatic hydroxyl groups is 2. The van der Waals surface area contributed by atoms with Gasteiger partial charge in [0.2, 0.25) is 0 Å². The predicted molar refractivity (Wildman–Crippen MR) is 59.9 cm³/mol. The minimum atomic E-state index is -0.942. The van der Waals surface area contributed by atoms with Gasteiger partial charge in [-0.15, -0.1) is 0 Å². The van der Waals surface area contributed by atoms with Crippen molar-refractivity contribution in [2.24, 2.45) is 0 Å². The van der Waals surface area contributed by atoms with Crippen LogP contribution in [-0.4, -0.2) is 45.7 Å². The zero-order chi connectivity index (χ0) is 12.8. The summed E-state index contributed by atoms with van der Waals surface area (Å²) in [7, 11) is 0. The molecule has 0 bridgehead atoms. The third kappa shape index (κ3) is 1.78. The molecule has 0 aliphatic carbocycles. The Bertz CT molecular complexity index is 471. The fourth-order valence-electron chi connectivity index (χ4n) is 2.51. The van der Waals surface area contributed by atoms with Gasteiger partial charge in [-0.2, -0.15) is 0 Å². The molecule has 0 aromatic carbocycles. The summed E-state index contributed by atoms with van der Waals surface area (Å²) in [6, 6.07) is 3.57. The van der Waals surface area contributed by atoms with Crippen LogP contribution < -0.4 is 0 Å². The molecule has 0 radical (unpaired) electrons. The van der Waals surface area contributed by atoms with E-state index in [4.69, 9.17) is 9.47 Å². The second-order valence-corrected chi connectivity index (χ2v) is 4.80. The van der Waals surface area contributed by atoms with Crippen LogP contribution in [0.25, 0.3) is 0 Å². The number of hydrogen-bond acceptors (Lipinski definition) is 5. The van der Waals surface area contributed by atoms with Crippen molar-refractivity contribution in [1.82, 2.24) is 4.57 Å². The van der Waals surface area contributed by atoms with E-state index in [1.54, 1.807) is 6.07 Å². The Balaban J connectivity index is 1.87. The van der Waals surface area contributed by atoms with Gasteiger partial charge in [0.05, 0.1) is 31.6 Å². The first-order valence-electron chi connectivity index (χ1n) is 5.91. The Morgan fingerprint density at radius 1 is 1.33 bits per heavy atom. The minimum absolute atomic E-state index is 0.0359. The number of carbonyl (C=O) groups excluding carboxylic acids is 1. The maximum Gasteiger partial charge on any atom is 0.189 e. The van der Waals surface area contributed by atoms with E-state index in [-0.39, 0.29) is 13.0 Å². The van der Waals surface area contributed by atoms with Crippen molar-refractivity contribution in [2.45, 2.75) is 37.6 Å². The maximum absolute atomic E-state index is 10.9. The molecule has 18 heavy (non-hydrogen) atoms. The van der Waals surface area contributed by atoms with Crippen molar-refractivity contribution in [3.63, 3.8) is 0 Å². The molecule has 1 spiro atoms. The second-order valence-electron chi connectivity index (χ2n) is 4.80. The van der Waals surface area contributed by atoms with Crippen molar-refractivity contribution in [1.29, 1.82) is 0 Å². The third-order valence-corrected chi connectivity index (χ3v) is 3.59. The fraction of sp³-hybridized carbons (Fsp3) is 0.583. The van der Waals surface area contributed by atoms with E-state index < -0.39 is 18.0 Å². The Kier molecular flexibility index (Phi) is 2.74. The first-order chi connectivity index (χ1) is 8.63. The lowest BCUT2D eigenvalue weighted by molar-refractivity contribution is -0.310. The summed E-state index contributed by atoms with van der Waals surface area (Å²) < 4.78 is 13.1. The van der Waals surface area contributed by atoms with Gasteiger partial charge in [-0.3, -0.25) is 4.79 Å². The van der Waals surface area contributed by atoms with Gasteiger partial charge in [-0.05, 0) is 12.1 Å². The molecule has 3 rings (SSSR count). The first-order valence-corrected chi connectivity index (χ1v) is 5.91. The van der Waals surface area contributed by atoms with E-state index in [0.29, 0.717) is 18.8 Å². The highest BCUT2D eigenvalue weighted by molar-refractivity contribution is 5.72. The van der Waals surface area contributed by atoms with Gasteiger partial charge in [0.1, 0.15) is 6.10 Å². The molecule has 98 valence electrons. The van der Waals surface area contributed by atoms with Crippen molar-refractivity contribution >= 4 is 6.29 Å². The van der Waals surface area contributed by atoms with Crippen molar-refractivity contribution in [2.75, 3.05) is 6.61 Å². The zero-order valence-corrected chi connectivity index (χ0v) is 9.78. The highest BCUT2D eigenvalue weighted by Gasteiger charge is 2.44. The highest BCUT2D eigenvalue weighted by atomic mass is 16.7. The molecule has 6 nitrogen and oxygen atoms in total. The van der Waals surface area contributed by atoms with Crippen LogP contribution >= 0.6 is 0 Å². The summed E-state index contributed by atoms with van der Waals surface area (Å²) >= 11 is 0. The Morgan fingerprint density at radius 3 is 2.89 bits per heavy atom. The van der Waals surface area contributed by atoms with Gasteiger partial charge in [0.15, 0.2) is 12.1 Å². The average Bonchev–Trinajstić information content (AvgIpc) is 2.76. The van der Waals surface area contributed by atoms with E-state index in [1.807, 2.05) is 10.6 Å². The van der Waals surface area contributed by atoms with Gasteiger partial charge in [-0.1, -0.05) is 0 Å². The van der Waals surface area contributed by atoms with E-state index in [9.17, 15) is 15.0 Å². The van der Waals surface area contributed by atoms with Crippen LogP contribution in [0.4, 0.5) is 0 Å². The Hall–Kier alpha value is -1.21. The molecule has 0 saturated carbocycles. The molecule has 0 amide bonds. The summed E-state index contributed by atoms with van der Waals surface area (Å²) in [6.45, 7) is 0.720. The third-order valence-electron chi connectivity index (χ3n) is 3.59. The Morgan fingerprint density at radius 2 is 2.17 bits per heavy atom. The molecule has 3 heterocycles. The molecule has 6 heteroatoms. The number of aliphatic hydroxyl groups excluding tert-OH is 2. The lowest BCUT2D eigenvalue weighted by Gasteiger charge is -2.43. The molecular weight excluding hydrogens is 238 g/mol. The first kappa shape index (κ1) is 11.9. The van der Waals surface area contributed by atoms with Gasteiger partial charge in [-0.25, -0.2) is 0 Å². The van der Waals surface area contributed by atoms with Gasteiger partial charge in [0.25, 0.3) is 0 Å². The highest BCUT2D eigenvalue weighted by Crippen LogP contribution is 2.34.